The van der Waals surface area contributed by atoms with Crippen molar-refractivity contribution >= 4 is 45.9 Å². The Morgan fingerprint density at radius 2 is 1.88 bits per heavy atom. The number of anilines is 1. The summed E-state index contributed by atoms with van der Waals surface area (Å²) in [4.78, 5) is 37.7. The molecule has 3 aromatic rings. The molecule has 2 amide bonds. The number of nitrogens with one attached hydrogen (secondary N) is 2. The third-order valence-corrected chi connectivity index (χ3v) is 6.90. The monoisotopic (exact) mass is 487 g/mol. The number of hydrogen-bond donors (Lipinski definition) is 2. The molecule has 0 aliphatic rings. The van der Waals surface area contributed by atoms with Crippen LogP contribution in [0.25, 0.3) is 0 Å². The number of esters is 1. The van der Waals surface area contributed by atoms with Gasteiger partial charge in [-0.2, -0.15) is 0 Å². The Bertz CT molecular complexity index is 1160. The van der Waals surface area contributed by atoms with Crippen molar-refractivity contribution in [2.45, 2.75) is 32.5 Å². The van der Waals surface area contributed by atoms with Crippen molar-refractivity contribution in [3.05, 3.63) is 57.7 Å². The van der Waals surface area contributed by atoms with Crippen molar-refractivity contribution in [2.24, 2.45) is 0 Å². The van der Waals surface area contributed by atoms with Crippen LogP contribution in [0.1, 0.15) is 43.9 Å². The minimum Gasteiger partial charge on any atom is -0.462 e. The molecule has 0 spiro atoms. The first-order valence-corrected chi connectivity index (χ1v) is 12.0. The zero-order valence-corrected chi connectivity index (χ0v) is 20.4. The van der Waals surface area contributed by atoms with Gasteiger partial charge >= 0.3 is 5.97 Å². The lowest BCUT2D eigenvalue weighted by molar-refractivity contribution is -0.113. The number of carbonyl (C=O) groups is 3. The molecule has 2 heterocycles. The van der Waals surface area contributed by atoms with Gasteiger partial charge in [0.1, 0.15) is 10.8 Å². The molecule has 0 saturated heterocycles. The van der Waals surface area contributed by atoms with Crippen LogP contribution in [0.4, 0.5) is 5.00 Å². The van der Waals surface area contributed by atoms with Gasteiger partial charge in [0.05, 0.1) is 29.3 Å². The molecule has 1 aromatic carbocycles. The Labute approximate surface area is 199 Å². The predicted octanol–water partition coefficient (Wildman–Crippen LogP) is 3.27. The lowest BCUT2D eigenvalue weighted by atomic mass is 10.1. The van der Waals surface area contributed by atoms with E-state index in [0.717, 1.165) is 22.7 Å². The van der Waals surface area contributed by atoms with E-state index in [4.69, 9.17) is 4.74 Å². The number of rotatable bonds is 9. The number of thioether (sulfide) groups is 1. The highest BCUT2D eigenvalue weighted by molar-refractivity contribution is 7.99. The third kappa shape index (κ3) is 5.79. The van der Waals surface area contributed by atoms with Crippen LogP contribution < -0.4 is 10.6 Å². The van der Waals surface area contributed by atoms with E-state index in [9.17, 15) is 14.4 Å². The highest BCUT2D eigenvalue weighted by Gasteiger charge is 2.26. The SMILES string of the molecule is CCOC(=O)c1c(NC(=O)CSc2nnc(C)n2Cc2ccccc2)sc(C(=O)NC)c1C. The normalized spacial score (nSPS) is 10.7. The smallest absolute Gasteiger partial charge is 0.341 e. The van der Waals surface area contributed by atoms with Crippen LogP contribution in [-0.4, -0.2) is 52.0 Å². The fourth-order valence-electron chi connectivity index (χ4n) is 3.09. The molecular formula is C22H25N5O4S2. The first-order chi connectivity index (χ1) is 15.8. The molecule has 33 heavy (non-hydrogen) atoms. The molecule has 174 valence electrons. The summed E-state index contributed by atoms with van der Waals surface area (Å²) in [6, 6.07) is 9.91. The lowest BCUT2D eigenvalue weighted by Crippen LogP contribution is -2.18. The second-order valence-corrected chi connectivity index (χ2v) is 8.96. The molecule has 0 atom stereocenters. The van der Waals surface area contributed by atoms with Gasteiger partial charge in [-0.3, -0.25) is 9.59 Å². The van der Waals surface area contributed by atoms with Crippen LogP contribution in [0.5, 0.6) is 0 Å². The average molecular weight is 488 g/mol. The Morgan fingerprint density at radius 1 is 1.15 bits per heavy atom. The fraction of sp³-hybridized carbons (Fsp3) is 0.318. The molecular weight excluding hydrogens is 462 g/mol. The van der Waals surface area contributed by atoms with Gasteiger partial charge in [-0.1, -0.05) is 42.1 Å². The van der Waals surface area contributed by atoms with Crippen LogP contribution >= 0.6 is 23.1 Å². The summed E-state index contributed by atoms with van der Waals surface area (Å²) in [7, 11) is 1.51. The quantitative estimate of drug-likeness (QED) is 0.352. The van der Waals surface area contributed by atoms with Gasteiger partial charge in [-0.25, -0.2) is 4.79 Å². The van der Waals surface area contributed by atoms with Crippen molar-refractivity contribution in [2.75, 3.05) is 24.7 Å². The average Bonchev–Trinajstić information content (AvgIpc) is 3.31. The highest BCUT2D eigenvalue weighted by Crippen LogP contribution is 2.34. The molecule has 0 saturated carbocycles. The Hall–Kier alpha value is -3.18. The molecule has 2 aromatic heterocycles. The second kappa shape index (κ2) is 11.1. The van der Waals surface area contributed by atoms with Crippen LogP contribution in [-0.2, 0) is 16.1 Å². The van der Waals surface area contributed by atoms with Crippen molar-refractivity contribution in [1.29, 1.82) is 0 Å². The lowest BCUT2D eigenvalue weighted by Gasteiger charge is -2.09. The number of ether oxygens (including phenoxy) is 1. The minimum atomic E-state index is -0.581. The highest BCUT2D eigenvalue weighted by atomic mass is 32.2. The molecule has 3 rings (SSSR count). The van der Waals surface area contributed by atoms with E-state index in [1.54, 1.807) is 13.8 Å². The van der Waals surface area contributed by atoms with Crippen LogP contribution in [0.15, 0.2) is 35.5 Å². The number of aromatic nitrogens is 3. The van der Waals surface area contributed by atoms with E-state index in [1.165, 1.54) is 18.8 Å². The van der Waals surface area contributed by atoms with Crippen molar-refractivity contribution in [3.8, 4) is 0 Å². The molecule has 0 bridgehead atoms. The van der Waals surface area contributed by atoms with E-state index in [-0.39, 0.29) is 34.7 Å². The molecule has 11 heteroatoms. The van der Waals surface area contributed by atoms with Crippen molar-refractivity contribution in [1.82, 2.24) is 20.1 Å². The summed E-state index contributed by atoms with van der Waals surface area (Å²) in [5.41, 5.74) is 1.77. The van der Waals surface area contributed by atoms with E-state index < -0.39 is 5.97 Å². The maximum Gasteiger partial charge on any atom is 0.341 e. The molecule has 2 N–H and O–H groups in total. The molecule has 0 radical (unpaired) electrons. The number of hydrogen-bond acceptors (Lipinski definition) is 8. The zero-order valence-electron chi connectivity index (χ0n) is 18.8. The number of benzene rings is 1. The van der Waals surface area contributed by atoms with E-state index in [1.807, 2.05) is 41.8 Å². The number of carbonyl (C=O) groups excluding carboxylic acids is 3. The van der Waals surface area contributed by atoms with E-state index in [2.05, 4.69) is 20.8 Å². The van der Waals surface area contributed by atoms with Gasteiger partial charge in [-0.15, -0.1) is 21.5 Å². The molecule has 0 aliphatic heterocycles. The summed E-state index contributed by atoms with van der Waals surface area (Å²) in [6.07, 6.45) is 0. The van der Waals surface area contributed by atoms with E-state index in [0.29, 0.717) is 22.1 Å². The summed E-state index contributed by atoms with van der Waals surface area (Å²) < 4.78 is 7.06. The minimum absolute atomic E-state index is 0.0570. The molecule has 0 aliphatic carbocycles. The Morgan fingerprint density at radius 3 is 2.55 bits per heavy atom. The molecule has 0 fully saturated rings. The molecule has 9 nitrogen and oxygen atoms in total. The van der Waals surface area contributed by atoms with Crippen molar-refractivity contribution < 1.29 is 19.1 Å². The molecule has 0 unspecified atom stereocenters. The summed E-state index contributed by atoms with van der Waals surface area (Å²) in [5.74, 6) is -0.441. The summed E-state index contributed by atoms with van der Waals surface area (Å²) >= 11 is 2.29. The predicted molar refractivity (Wildman–Crippen MR) is 128 cm³/mol. The maximum absolute atomic E-state index is 12.7. The number of aryl methyl sites for hydroxylation is 1. The second-order valence-electron chi connectivity index (χ2n) is 7.00. The Kier molecular flexibility index (Phi) is 8.23. The van der Waals surface area contributed by atoms with Gasteiger partial charge in [0.2, 0.25) is 5.91 Å². The first kappa shape index (κ1) is 24.5. The van der Waals surface area contributed by atoms with Gasteiger partial charge in [-0.05, 0) is 31.9 Å². The summed E-state index contributed by atoms with van der Waals surface area (Å²) in [5, 5.41) is 14.5. The fourth-order valence-corrected chi connectivity index (χ4v) is 5.03. The van der Waals surface area contributed by atoms with Crippen LogP contribution in [0, 0.1) is 13.8 Å². The van der Waals surface area contributed by atoms with Crippen LogP contribution in [0.2, 0.25) is 0 Å². The van der Waals surface area contributed by atoms with Gasteiger partial charge < -0.3 is 19.9 Å². The number of thiophene rings is 1. The largest absolute Gasteiger partial charge is 0.462 e. The van der Waals surface area contributed by atoms with Gasteiger partial charge in [0.25, 0.3) is 5.91 Å². The van der Waals surface area contributed by atoms with Crippen LogP contribution in [0.3, 0.4) is 0 Å². The van der Waals surface area contributed by atoms with Gasteiger partial charge in [0.15, 0.2) is 5.16 Å². The zero-order chi connectivity index (χ0) is 24.0. The maximum atomic E-state index is 12.7. The standard InChI is InChI=1S/C22H25N5O4S2/c1-5-31-21(30)17-13(2)18(19(29)23-4)33-20(17)24-16(28)12-32-22-26-25-14(3)27(22)11-15-9-7-6-8-10-15/h6-10H,5,11-12H2,1-4H3,(H,23,29)(H,24,28). The van der Waals surface area contributed by atoms with Crippen molar-refractivity contribution in [3.63, 3.8) is 0 Å². The number of amides is 2. The van der Waals surface area contributed by atoms with Gasteiger partial charge in [0, 0.05) is 7.05 Å². The topological polar surface area (TPSA) is 115 Å². The summed E-state index contributed by atoms with van der Waals surface area (Å²) in [6.45, 7) is 5.99. The van der Waals surface area contributed by atoms with E-state index >= 15 is 0 Å². The first-order valence-electron chi connectivity index (χ1n) is 10.2. The Balaban J connectivity index is 1.74. The third-order valence-electron chi connectivity index (χ3n) is 4.73. The number of nitrogens with zero attached hydrogens (tertiary/aromatic N) is 3.